The molecule has 0 saturated heterocycles. The van der Waals surface area contributed by atoms with E-state index in [4.69, 9.17) is 16.7 Å². The van der Waals surface area contributed by atoms with Gasteiger partial charge in [0.25, 0.3) is 0 Å². The number of hydrogen-bond acceptors (Lipinski definition) is 2. The van der Waals surface area contributed by atoms with Crippen LogP contribution in [0.2, 0.25) is 5.02 Å². The summed E-state index contributed by atoms with van der Waals surface area (Å²) in [5.41, 5.74) is 1.94. The Hall–Kier alpha value is -1.06. The minimum atomic E-state index is -0.818. The number of carbonyl (C=O) groups is 1. The first-order valence-corrected chi connectivity index (χ1v) is 5.44. The molecule has 0 aliphatic carbocycles. The smallest absolute Gasteiger partial charge is 0.321 e. The van der Waals surface area contributed by atoms with Crippen molar-refractivity contribution in [3.05, 3.63) is 34.3 Å². The van der Waals surface area contributed by atoms with E-state index in [1.54, 1.807) is 19.0 Å². The second kappa shape index (κ2) is 5.32. The first-order chi connectivity index (χ1) is 7.41. The predicted molar refractivity (Wildman–Crippen MR) is 65.0 cm³/mol. The van der Waals surface area contributed by atoms with Crippen LogP contribution in [0, 0.1) is 6.92 Å². The van der Waals surface area contributed by atoms with Crippen molar-refractivity contribution in [3.63, 3.8) is 0 Å². The van der Waals surface area contributed by atoms with Gasteiger partial charge in [-0.3, -0.25) is 9.69 Å². The van der Waals surface area contributed by atoms with Crippen LogP contribution in [-0.2, 0) is 11.2 Å². The Kier molecular flexibility index (Phi) is 4.33. The Morgan fingerprint density at radius 3 is 2.56 bits per heavy atom. The van der Waals surface area contributed by atoms with Gasteiger partial charge < -0.3 is 5.11 Å². The number of rotatable bonds is 4. The zero-order valence-corrected chi connectivity index (χ0v) is 10.5. The summed E-state index contributed by atoms with van der Waals surface area (Å²) in [5, 5.41) is 9.74. The van der Waals surface area contributed by atoms with Gasteiger partial charge in [-0.1, -0.05) is 23.7 Å². The fourth-order valence-corrected chi connectivity index (χ4v) is 1.68. The van der Waals surface area contributed by atoms with Crippen molar-refractivity contribution in [2.75, 3.05) is 14.1 Å². The van der Waals surface area contributed by atoms with Crippen LogP contribution in [0.5, 0.6) is 0 Å². The monoisotopic (exact) mass is 241 g/mol. The van der Waals surface area contributed by atoms with E-state index in [0.717, 1.165) is 11.1 Å². The topological polar surface area (TPSA) is 40.5 Å². The van der Waals surface area contributed by atoms with Crippen molar-refractivity contribution in [2.24, 2.45) is 0 Å². The number of nitrogens with zero attached hydrogens (tertiary/aromatic N) is 1. The van der Waals surface area contributed by atoms with Crippen molar-refractivity contribution in [1.82, 2.24) is 4.90 Å². The molecular weight excluding hydrogens is 226 g/mol. The Bertz CT molecular complexity index is 391. The van der Waals surface area contributed by atoms with Gasteiger partial charge in [-0.25, -0.2) is 0 Å². The number of hydrogen-bond donors (Lipinski definition) is 1. The zero-order chi connectivity index (χ0) is 12.3. The number of halogens is 1. The van der Waals surface area contributed by atoms with Crippen molar-refractivity contribution < 1.29 is 9.90 Å². The molecule has 1 atom stereocenters. The molecular formula is C12H16ClNO2. The Morgan fingerprint density at radius 2 is 2.12 bits per heavy atom. The van der Waals surface area contributed by atoms with E-state index in [-0.39, 0.29) is 0 Å². The first-order valence-electron chi connectivity index (χ1n) is 5.06. The molecule has 1 aromatic rings. The molecule has 0 heterocycles. The van der Waals surface area contributed by atoms with Gasteiger partial charge >= 0.3 is 5.97 Å². The van der Waals surface area contributed by atoms with E-state index in [1.165, 1.54) is 0 Å². The van der Waals surface area contributed by atoms with E-state index < -0.39 is 12.0 Å². The van der Waals surface area contributed by atoms with E-state index >= 15 is 0 Å². The van der Waals surface area contributed by atoms with Gasteiger partial charge in [-0.2, -0.15) is 0 Å². The largest absolute Gasteiger partial charge is 0.480 e. The summed E-state index contributed by atoms with van der Waals surface area (Å²) < 4.78 is 0. The van der Waals surface area contributed by atoms with Crippen molar-refractivity contribution in [3.8, 4) is 0 Å². The highest BCUT2D eigenvalue weighted by Crippen LogP contribution is 2.18. The molecule has 0 bridgehead atoms. The van der Waals surface area contributed by atoms with Gasteiger partial charge in [0.1, 0.15) is 6.04 Å². The quantitative estimate of drug-likeness (QED) is 0.879. The van der Waals surface area contributed by atoms with Crippen LogP contribution < -0.4 is 0 Å². The maximum Gasteiger partial charge on any atom is 0.321 e. The molecule has 88 valence electrons. The lowest BCUT2D eigenvalue weighted by Crippen LogP contribution is -2.37. The van der Waals surface area contributed by atoms with Crippen LogP contribution >= 0.6 is 11.6 Å². The summed E-state index contributed by atoms with van der Waals surface area (Å²) >= 11 is 6.00. The molecule has 1 rings (SSSR count). The number of carboxylic acids is 1. The molecule has 16 heavy (non-hydrogen) atoms. The third kappa shape index (κ3) is 3.22. The Morgan fingerprint density at radius 1 is 1.50 bits per heavy atom. The van der Waals surface area contributed by atoms with E-state index in [9.17, 15) is 4.79 Å². The Labute approximate surface area is 101 Å². The highest BCUT2D eigenvalue weighted by Gasteiger charge is 2.20. The van der Waals surface area contributed by atoms with Crippen molar-refractivity contribution in [1.29, 1.82) is 0 Å². The molecule has 3 nitrogen and oxygen atoms in total. The van der Waals surface area contributed by atoms with Gasteiger partial charge in [0, 0.05) is 5.02 Å². The van der Waals surface area contributed by atoms with Gasteiger partial charge in [-0.05, 0) is 44.6 Å². The van der Waals surface area contributed by atoms with Gasteiger partial charge in [0.15, 0.2) is 0 Å². The minimum absolute atomic E-state index is 0.461. The summed E-state index contributed by atoms with van der Waals surface area (Å²) in [6.07, 6.45) is 0.461. The highest BCUT2D eigenvalue weighted by molar-refractivity contribution is 6.31. The van der Waals surface area contributed by atoms with Crippen molar-refractivity contribution in [2.45, 2.75) is 19.4 Å². The zero-order valence-electron chi connectivity index (χ0n) is 9.70. The maximum absolute atomic E-state index is 11.0. The summed E-state index contributed by atoms with van der Waals surface area (Å²) in [5.74, 6) is -0.818. The van der Waals surface area contributed by atoms with Crippen LogP contribution in [-0.4, -0.2) is 36.1 Å². The molecule has 0 aliphatic heterocycles. The number of benzene rings is 1. The molecule has 0 unspecified atom stereocenters. The molecule has 0 spiro atoms. The maximum atomic E-state index is 11.0. The molecule has 1 N–H and O–H groups in total. The third-order valence-electron chi connectivity index (χ3n) is 2.57. The average Bonchev–Trinajstić information content (AvgIpc) is 2.18. The van der Waals surface area contributed by atoms with Crippen LogP contribution in [0.15, 0.2) is 18.2 Å². The molecule has 0 amide bonds. The fourth-order valence-electron chi connectivity index (χ4n) is 1.48. The Balaban J connectivity index is 2.86. The number of carboxylic acid groups (broad SMARTS) is 1. The first kappa shape index (κ1) is 13.0. The second-order valence-electron chi connectivity index (χ2n) is 4.11. The fraction of sp³-hybridized carbons (Fsp3) is 0.417. The van der Waals surface area contributed by atoms with Gasteiger partial charge in [-0.15, -0.1) is 0 Å². The molecule has 1 aromatic carbocycles. The van der Waals surface area contributed by atoms with Crippen LogP contribution in [0.4, 0.5) is 0 Å². The molecule has 0 fully saturated rings. The predicted octanol–water partition coefficient (Wildman–Crippen LogP) is 2.21. The van der Waals surface area contributed by atoms with E-state index in [2.05, 4.69) is 0 Å². The normalized spacial score (nSPS) is 12.8. The summed E-state index contributed by atoms with van der Waals surface area (Å²) in [6.45, 7) is 1.92. The number of aliphatic carboxylic acids is 1. The van der Waals surface area contributed by atoms with Crippen LogP contribution in [0.3, 0.4) is 0 Å². The lowest BCUT2D eigenvalue weighted by atomic mass is 10.0. The molecule has 0 aliphatic rings. The number of likely N-dealkylation sites (N-methyl/N-ethyl adjacent to an activating group) is 1. The molecule has 0 saturated carbocycles. The van der Waals surface area contributed by atoms with Gasteiger partial charge in [0.2, 0.25) is 0 Å². The molecule has 0 radical (unpaired) electrons. The highest BCUT2D eigenvalue weighted by atomic mass is 35.5. The molecule has 0 aromatic heterocycles. The van der Waals surface area contributed by atoms with E-state index in [1.807, 2.05) is 25.1 Å². The minimum Gasteiger partial charge on any atom is -0.480 e. The third-order valence-corrected chi connectivity index (χ3v) is 2.98. The van der Waals surface area contributed by atoms with Crippen LogP contribution in [0.25, 0.3) is 0 Å². The summed E-state index contributed by atoms with van der Waals surface area (Å²) in [6, 6.07) is 5.14. The standard InChI is InChI=1S/C12H16ClNO2/c1-8-4-5-9(6-10(8)13)7-11(12(15)16)14(2)3/h4-6,11H,7H2,1-3H3,(H,15,16)/t11-/m0/s1. The number of aryl methyl sites for hydroxylation is 1. The SMILES string of the molecule is Cc1ccc(C[C@@H](C(=O)O)N(C)C)cc1Cl. The average molecular weight is 242 g/mol. The lowest BCUT2D eigenvalue weighted by Gasteiger charge is -2.20. The van der Waals surface area contributed by atoms with Crippen LogP contribution in [0.1, 0.15) is 11.1 Å². The van der Waals surface area contributed by atoms with E-state index in [0.29, 0.717) is 11.4 Å². The lowest BCUT2D eigenvalue weighted by molar-refractivity contribution is -0.142. The summed E-state index contributed by atoms with van der Waals surface area (Å²) in [7, 11) is 3.52. The second-order valence-corrected chi connectivity index (χ2v) is 4.51. The summed E-state index contributed by atoms with van der Waals surface area (Å²) in [4.78, 5) is 12.7. The van der Waals surface area contributed by atoms with Gasteiger partial charge in [0.05, 0.1) is 0 Å². The molecule has 4 heteroatoms. The van der Waals surface area contributed by atoms with Crippen molar-refractivity contribution >= 4 is 17.6 Å².